The number of aryl methyl sites for hydroxylation is 2. The van der Waals surface area contributed by atoms with Crippen LogP contribution in [0.4, 0.5) is 10.9 Å². The third-order valence-electron chi connectivity index (χ3n) is 6.33. The second-order valence-electron chi connectivity index (χ2n) is 9.45. The summed E-state index contributed by atoms with van der Waals surface area (Å²) in [4.78, 5) is 24.8. The number of benzene rings is 2. The first-order valence-electron chi connectivity index (χ1n) is 12.8. The zero-order valence-corrected chi connectivity index (χ0v) is 22.6. The average Bonchev–Trinajstić information content (AvgIpc) is 3.48. The molecule has 0 aliphatic carbocycles. The molecule has 0 saturated carbocycles. The number of rotatable bonds is 12. The lowest BCUT2D eigenvalue weighted by Gasteiger charge is -2.11. The molecule has 0 aliphatic heterocycles. The van der Waals surface area contributed by atoms with Gasteiger partial charge in [-0.2, -0.15) is 0 Å². The quantitative estimate of drug-likeness (QED) is 0.227. The van der Waals surface area contributed by atoms with Gasteiger partial charge in [-0.15, -0.1) is 10.2 Å². The maximum absolute atomic E-state index is 12.6. The molecule has 4 rings (SSSR count). The third-order valence-corrected chi connectivity index (χ3v) is 7.23. The Bertz CT molecular complexity index is 1360. The second-order valence-corrected chi connectivity index (χ2v) is 10.5. The molecule has 4 aromatic rings. The number of carbonyl (C=O) groups is 2. The minimum Gasteiger partial charge on any atom is -0.335 e. The fourth-order valence-corrected chi connectivity index (χ4v) is 5.02. The Kier molecular flexibility index (Phi) is 9.40. The van der Waals surface area contributed by atoms with Gasteiger partial charge in [-0.25, -0.2) is 0 Å². The van der Waals surface area contributed by atoms with E-state index in [0.717, 1.165) is 58.9 Å². The maximum atomic E-state index is 12.6. The number of anilines is 2. The first kappa shape index (κ1) is 27.2. The van der Waals surface area contributed by atoms with Gasteiger partial charge in [-0.3, -0.25) is 9.59 Å². The fourth-order valence-electron chi connectivity index (χ4n) is 4.22. The van der Waals surface area contributed by atoms with E-state index in [-0.39, 0.29) is 17.9 Å². The van der Waals surface area contributed by atoms with E-state index in [4.69, 9.17) is 5.73 Å². The summed E-state index contributed by atoms with van der Waals surface area (Å²) in [7, 11) is 1.97. The third kappa shape index (κ3) is 7.84. The number of aromatic nitrogens is 3. The van der Waals surface area contributed by atoms with Crippen LogP contribution in [0.25, 0.3) is 0 Å². The molecule has 0 bridgehead atoms. The van der Waals surface area contributed by atoms with Crippen molar-refractivity contribution in [3.63, 3.8) is 0 Å². The van der Waals surface area contributed by atoms with Gasteiger partial charge in [-0.1, -0.05) is 65.9 Å². The first-order chi connectivity index (χ1) is 18.4. The molecule has 0 spiro atoms. The largest absolute Gasteiger partial charge is 0.335 e. The number of hydrogen-bond donors (Lipinski definition) is 3. The molecule has 0 aliphatic rings. The summed E-state index contributed by atoms with van der Waals surface area (Å²) in [6.07, 6.45) is 4.25. The Balaban J connectivity index is 1.19. The lowest BCUT2D eigenvalue weighted by molar-refractivity contribution is -0.116. The van der Waals surface area contributed by atoms with Gasteiger partial charge in [0.1, 0.15) is 10.8 Å². The second kappa shape index (κ2) is 13.1. The maximum Gasteiger partial charge on any atom is 0.230 e. The molecule has 38 heavy (non-hydrogen) atoms. The van der Waals surface area contributed by atoms with E-state index in [0.29, 0.717) is 18.0 Å². The van der Waals surface area contributed by atoms with Crippen molar-refractivity contribution in [3.8, 4) is 0 Å². The van der Waals surface area contributed by atoms with Gasteiger partial charge in [0.2, 0.25) is 16.9 Å². The first-order valence-corrected chi connectivity index (χ1v) is 13.6. The highest BCUT2D eigenvalue weighted by Crippen LogP contribution is 2.20. The molecule has 8 nitrogen and oxygen atoms in total. The van der Waals surface area contributed by atoms with E-state index in [1.807, 2.05) is 79.2 Å². The van der Waals surface area contributed by atoms with Gasteiger partial charge in [0, 0.05) is 25.2 Å². The van der Waals surface area contributed by atoms with Gasteiger partial charge >= 0.3 is 0 Å². The van der Waals surface area contributed by atoms with Crippen LogP contribution in [0.2, 0.25) is 0 Å². The Hall–Kier alpha value is -3.82. The molecule has 2 aromatic heterocycles. The Labute approximate surface area is 227 Å². The summed E-state index contributed by atoms with van der Waals surface area (Å²) in [6.45, 7) is 1.93. The van der Waals surface area contributed by atoms with E-state index < -0.39 is 0 Å². The molecule has 0 fully saturated rings. The van der Waals surface area contributed by atoms with Crippen LogP contribution in [0.3, 0.4) is 0 Å². The van der Waals surface area contributed by atoms with Crippen molar-refractivity contribution in [2.75, 3.05) is 10.6 Å². The highest BCUT2D eigenvalue weighted by molar-refractivity contribution is 7.15. The monoisotopic (exact) mass is 530 g/mol. The van der Waals surface area contributed by atoms with Crippen molar-refractivity contribution in [2.24, 2.45) is 12.8 Å². The van der Waals surface area contributed by atoms with Crippen LogP contribution in [0.1, 0.15) is 53.2 Å². The normalized spacial score (nSPS) is 11.8. The van der Waals surface area contributed by atoms with Crippen molar-refractivity contribution < 1.29 is 9.59 Å². The number of nitrogens with one attached hydrogen (secondary N) is 2. The van der Waals surface area contributed by atoms with Gasteiger partial charge < -0.3 is 20.9 Å². The SMILES string of the molecule is CC(N)c1cccc(CC(=O)Nc2ccc(CCCCc3nnc(NC(=O)Cc4ccccc4)s3)n2C)c1. The highest BCUT2D eigenvalue weighted by atomic mass is 32.1. The van der Waals surface area contributed by atoms with Crippen molar-refractivity contribution in [3.05, 3.63) is 94.1 Å². The van der Waals surface area contributed by atoms with Crippen molar-refractivity contribution >= 4 is 34.1 Å². The summed E-state index contributed by atoms with van der Waals surface area (Å²) >= 11 is 1.42. The molecular weight excluding hydrogens is 496 g/mol. The summed E-state index contributed by atoms with van der Waals surface area (Å²) in [5, 5.41) is 15.6. The van der Waals surface area contributed by atoms with Crippen molar-refractivity contribution in [1.82, 2.24) is 14.8 Å². The number of amides is 2. The number of nitrogens with zero attached hydrogens (tertiary/aromatic N) is 3. The van der Waals surface area contributed by atoms with Gasteiger partial charge in [0.05, 0.1) is 12.8 Å². The fraction of sp³-hybridized carbons (Fsp3) is 0.310. The summed E-state index contributed by atoms with van der Waals surface area (Å²) in [5.41, 5.74) is 10.0. The molecule has 1 atom stereocenters. The lowest BCUT2D eigenvalue weighted by Crippen LogP contribution is -2.17. The van der Waals surface area contributed by atoms with E-state index >= 15 is 0 Å². The van der Waals surface area contributed by atoms with Crippen LogP contribution >= 0.6 is 11.3 Å². The summed E-state index contributed by atoms with van der Waals surface area (Å²) in [5.74, 6) is 0.639. The van der Waals surface area contributed by atoms with Gasteiger partial charge in [0.15, 0.2) is 0 Å². The Morgan fingerprint density at radius 3 is 2.39 bits per heavy atom. The number of nitrogens with two attached hydrogens (primary N) is 1. The topological polar surface area (TPSA) is 115 Å². The number of unbranched alkanes of at least 4 members (excludes halogenated alkanes) is 1. The molecule has 1 unspecified atom stereocenters. The Morgan fingerprint density at radius 2 is 1.61 bits per heavy atom. The molecule has 198 valence electrons. The summed E-state index contributed by atoms with van der Waals surface area (Å²) < 4.78 is 2.03. The lowest BCUT2D eigenvalue weighted by atomic mass is 10.0. The minimum absolute atomic E-state index is 0.0532. The van der Waals surface area contributed by atoms with E-state index in [1.54, 1.807) is 0 Å². The molecule has 0 saturated heterocycles. The average molecular weight is 531 g/mol. The molecule has 0 radical (unpaired) electrons. The van der Waals surface area contributed by atoms with Crippen LogP contribution in [0.5, 0.6) is 0 Å². The standard InChI is InChI=1S/C29H34N6O2S/c1-20(30)23-12-8-11-22(17-23)19-26(36)31-25-16-15-24(35(25)2)13-6-7-14-28-33-34-29(38-28)32-27(37)18-21-9-4-3-5-10-21/h3-5,8-12,15-17,20H,6-7,13-14,18-19,30H2,1-2H3,(H,31,36)(H,32,34,37). The molecule has 2 aromatic carbocycles. The minimum atomic E-state index is -0.0934. The number of carbonyl (C=O) groups excluding carboxylic acids is 2. The van der Waals surface area contributed by atoms with Crippen molar-refractivity contribution in [2.45, 2.75) is 51.5 Å². The van der Waals surface area contributed by atoms with Crippen LogP contribution in [-0.4, -0.2) is 26.6 Å². The molecule has 2 amide bonds. The molecule has 4 N–H and O–H groups in total. The molecular formula is C29H34N6O2S. The molecule has 2 heterocycles. The van der Waals surface area contributed by atoms with Gasteiger partial charge in [0.25, 0.3) is 0 Å². The summed E-state index contributed by atoms with van der Waals surface area (Å²) in [6, 6.07) is 21.4. The van der Waals surface area contributed by atoms with E-state index in [2.05, 4.69) is 26.9 Å². The van der Waals surface area contributed by atoms with E-state index in [1.165, 1.54) is 11.3 Å². The molecule has 9 heteroatoms. The zero-order valence-electron chi connectivity index (χ0n) is 21.8. The van der Waals surface area contributed by atoms with Crippen LogP contribution in [-0.2, 0) is 42.3 Å². The van der Waals surface area contributed by atoms with Gasteiger partial charge in [-0.05, 0) is 55.0 Å². The van der Waals surface area contributed by atoms with Crippen LogP contribution in [0.15, 0.2) is 66.7 Å². The Morgan fingerprint density at radius 1 is 0.895 bits per heavy atom. The van der Waals surface area contributed by atoms with Crippen LogP contribution in [0, 0.1) is 0 Å². The van der Waals surface area contributed by atoms with Crippen LogP contribution < -0.4 is 16.4 Å². The van der Waals surface area contributed by atoms with Crippen molar-refractivity contribution in [1.29, 1.82) is 0 Å². The predicted molar refractivity (Wildman–Crippen MR) is 152 cm³/mol. The smallest absolute Gasteiger partial charge is 0.230 e. The number of hydrogen-bond acceptors (Lipinski definition) is 6. The zero-order chi connectivity index (χ0) is 26.9. The highest BCUT2D eigenvalue weighted by Gasteiger charge is 2.12. The van der Waals surface area contributed by atoms with E-state index in [9.17, 15) is 9.59 Å². The predicted octanol–water partition coefficient (Wildman–Crippen LogP) is 4.82.